The molecule has 1 atom stereocenters. The van der Waals surface area contributed by atoms with Crippen molar-refractivity contribution in [2.45, 2.75) is 12.8 Å². The second-order valence-electron chi connectivity index (χ2n) is 6.08. The van der Waals surface area contributed by atoms with Crippen LogP contribution in [-0.4, -0.2) is 70.4 Å². The summed E-state index contributed by atoms with van der Waals surface area (Å²) in [5.74, 6) is 0.243. The first-order valence-corrected chi connectivity index (χ1v) is 10.1. The van der Waals surface area contributed by atoms with Crippen LogP contribution in [0, 0.1) is 5.92 Å². The first-order valence-electron chi connectivity index (χ1n) is 8.21. The summed E-state index contributed by atoms with van der Waals surface area (Å²) >= 11 is 0. The Hall–Kier alpha value is -1.71. The molecule has 1 fully saturated rings. The molecule has 140 valence electrons. The van der Waals surface area contributed by atoms with Crippen molar-refractivity contribution in [1.82, 2.24) is 14.6 Å². The first kappa shape index (κ1) is 19.6. The minimum absolute atomic E-state index is 0.0990. The number of nitrogens with one attached hydrogen (secondary N) is 1. The molecular weight excluding hydrogens is 346 g/mol. The molecule has 1 aliphatic rings. The van der Waals surface area contributed by atoms with E-state index in [4.69, 9.17) is 9.47 Å². The first-order chi connectivity index (χ1) is 11.9. The summed E-state index contributed by atoms with van der Waals surface area (Å²) in [5, 5.41) is 0. The van der Waals surface area contributed by atoms with E-state index >= 15 is 0 Å². The lowest BCUT2D eigenvalue weighted by molar-refractivity contribution is 0.0668. The number of likely N-dealkylation sites (tertiary alicyclic amines) is 1. The Labute approximate surface area is 148 Å². The van der Waals surface area contributed by atoms with Gasteiger partial charge < -0.3 is 14.4 Å². The molecule has 1 aromatic heterocycles. The van der Waals surface area contributed by atoms with Crippen LogP contribution in [-0.2, 0) is 14.8 Å². The molecule has 0 aliphatic carbocycles. The highest BCUT2D eigenvalue weighted by Gasteiger charge is 2.27. The fourth-order valence-electron chi connectivity index (χ4n) is 2.75. The smallest absolute Gasteiger partial charge is 0.259 e. The van der Waals surface area contributed by atoms with E-state index in [1.165, 1.54) is 0 Å². The molecule has 0 radical (unpaired) electrons. The average Bonchev–Trinajstić information content (AvgIpc) is 2.60. The molecule has 1 aromatic rings. The van der Waals surface area contributed by atoms with Crippen molar-refractivity contribution in [1.29, 1.82) is 0 Å². The lowest BCUT2D eigenvalue weighted by Crippen LogP contribution is -2.43. The van der Waals surface area contributed by atoms with Gasteiger partial charge in [-0.15, -0.1) is 0 Å². The van der Waals surface area contributed by atoms with Crippen molar-refractivity contribution >= 4 is 15.9 Å². The van der Waals surface area contributed by atoms with Crippen molar-refractivity contribution in [2.75, 3.05) is 46.2 Å². The molecule has 0 spiro atoms. The summed E-state index contributed by atoms with van der Waals surface area (Å²) in [6.45, 7) is 2.21. The van der Waals surface area contributed by atoms with E-state index in [-0.39, 0.29) is 11.8 Å². The van der Waals surface area contributed by atoms with Crippen LogP contribution >= 0.6 is 0 Å². The van der Waals surface area contributed by atoms with Crippen molar-refractivity contribution in [3.63, 3.8) is 0 Å². The predicted molar refractivity (Wildman–Crippen MR) is 93.1 cm³/mol. The molecule has 1 N–H and O–H groups in total. The van der Waals surface area contributed by atoms with Gasteiger partial charge in [0.05, 0.1) is 12.9 Å². The minimum atomic E-state index is -3.23. The van der Waals surface area contributed by atoms with Crippen LogP contribution in [0.25, 0.3) is 0 Å². The Morgan fingerprint density at radius 3 is 2.96 bits per heavy atom. The number of piperidine rings is 1. The van der Waals surface area contributed by atoms with Gasteiger partial charge in [-0.05, 0) is 30.9 Å². The van der Waals surface area contributed by atoms with Crippen LogP contribution < -0.4 is 9.46 Å². The number of carbonyl (C=O) groups excluding carboxylic acids is 1. The number of sulfonamides is 1. The van der Waals surface area contributed by atoms with Crippen molar-refractivity contribution in [3.05, 3.63) is 23.9 Å². The van der Waals surface area contributed by atoms with Gasteiger partial charge in [-0.1, -0.05) is 0 Å². The molecule has 0 aromatic carbocycles. The lowest BCUT2D eigenvalue weighted by Gasteiger charge is -2.33. The summed E-state index contributed by atoms with van der Waals surface area (Å²) in [7, 11) is -1.65. The highest BCUT2D eigenvalue weighted by atomic mass is 32.2. The summed E-state index contributed by atoms with van der Waals surface area (Å²) in [5.41, 5.74) is 0.412. The topological polar surface area (TPSA) is 97.8 Å². The SMILES string of the molecule is COCCOc1ncccc1C(=O)N1CCCC(CNS(C)(=O)=O)C1. The number of ether oxygens (including phenoxy) is 2. The van der Waals surface area contributed by atoms with Crippen LogP contribution in [0.1, 0.15) is 23.2 Å². The third-order valence-electron chi connectivity index (χ3n) is 3.97. The van der Waals surface area contributed by atoms with Gasteiger partial charge in [0, 0.05) is 32.9 Å². The number of carbonyl (C=O) groups is 1. The van der Waals surface area contributed by atoms with Crippen LogP contribution in [0.2, 0.25) is 0 Å². The minimum Gasteiger partial charge on any atom is -0.475 e. The molecule has 0 bridgehead atoms. The second kappa shape index (κ2) is 9.12. The van der Waals surface area contributed by atoms with Crippen molar-refractivity contribution in [2.24, 2.45) is 5.92 Å². The lowest BCUT2D eigenvalue weighted by atomic mass is 9.98. The Morgan fingerprint density at radius 1 is 1.44 bits per heavy atom. The van der Waals surface area contributed by atoms with Crippen molar-refractivity contribution < 1.29 is 22.7 Å². The van der Waals surface area contributed by atoms with Gasteiger partial charge in [-0.25, -0.2) is 18.1 Å². The van der Waals surface area contributed by atoms with E-state index < -0.39 is 10.0 Å². The zero-order valence-electron chi connectivity index (χ0n) is 14.6. The van der Waals surface area contributed by atoms with E-state index in [9.17, 15) is 13.2 Å². The number of amides is 1. The molecular formula is C16H25N3O5S. The number of pyridine rings is 1. The number of nitrogens with zero attached hydrogens (tertiary/aromatic N) is 2. The number of aromatic nitrogens is 1. The summed E-state index contributed by atoms with van der Waals surface area (Å²) in [6, 6.07) is 3.39. The average molecular weight is 371 g/mol. The molecule has 1 amide bonds. The van der Waals surface area contributed by atoms with Crippen LogP contribution in [0.3, 0.4) is 0 Å². The zero-order valence-corrected chi connectivity index (χ0v) is 15.4. The molecule has 1 saturated heterocycles. The maximum Gasteiger partial charge on any atom is 0.259 e. The largest absolute Gasteiger partial charge is 0.475 e. The molecule has 1 unspecified atom stereocenters. The van der Waals surface area contributed by atoms with Gasteiger partial charge in [-0.3, -0.25) is 4.79 Å². The van der Waals surface area contributed by atoms with E-state index in [1.54, 1.807) is 30.3 Å². The number of methoxy groups -OCH3 is 1. The standard InChI is InChI=1S/C16H25N3O5S/c1-23-9-10-24-15-14(6-3-7-17-15)16(20)19-8-4-5-13(12-19)11-18-25(2,21)22/h3,6-7,13,18H,4-5,8-12H2,1-2H3. The molecule has 0 saturated carbocycles. The van der Waals surface area contributed by atoms with E-state index in [0.717, 1.165) is 19.1 Å². The van der Waals surface area contributed by atoms with Gasteiger partial charge in [0.25, 0.3) is 5.91 Å². The van der Waals surface area contributed by atoms with Gasteiger partial charge >= 0.3 is 0 Å². The van der Waals surface area contributed by atoms with Crippen LogP contribution in [0.5, 0.6) is 5.88 Å². The molecule has 25 heavy (non-hydrogen) atoms. The Morgan fingerprint density at radius 2 is 2.24 bits per heavy atom. The molecule has 2 heterocycles. The van der Waals surface area contributed by atoms with Gasteiger partial charge in [-0.2, -0.15) is 0 Å². The molecule has 9 heteroatoms. The third-order valence-corrected chi connectivity index (χ3v) is 4.66. The number of hydrogen-bond donors (Lipinski definition) is 1. The van der Waals surface area contributed by atoms with Crippen LogP contribution in [0.15, 0.2) is 18.3 Å². The maximum absolute atomic E-state index is 12.8. The predicted octanol–water partition coefficient (Wildman–Crippen LogP) is 0.508. The Kier molecular flexibility index (Phi) is 7.15. The fraction of sp³-hybridized carbons (Fsp3) is 0.625. The van der Waals surface area contributed by atoms with E-state index in [2.05, 4.69) is 9.71 Å². The molecule has 1 aliphatic heterocycles. The zero-order chi connectivity index (χ0) is 18.3. The van der Waals surface area contributed by atoms with Crippen molar-refractivity contribution in [3.8, 4) is 5.88 Å². The summed E-state index contributed by atoms with van der Waals surface area (Å²) < 4.78 is 35.5. The highest BCUT2D eigenvalue weighted by Crippen LogP contribution is 2.22. The van der Waals surface area contributed by atoms with Gasteiger partial charge in [0.2, 0.25) is 15.9 Å². The third kappa shape index (κ3) is 6.26. The quantitative estimate of drug-likeness (QED) is 0.669. The molecule has 8 nitrogen and oxygen atoms in total. The number of hydrogen-bond acceptors (Lipinski definition) is 6. The Balaban J connectivity index is 2.02. The molecule has 2 rings (SSSR count). The van der Waals surface area contributed by atoms with E-state index in [1.807, 2.05) is 0 Å². The van der Waals surface area contributed by atoms with Crippen LogP contribution in [0.4, 0.5) is 0 Å². The van der Waals surface area contributed by atoms with Gasteiger partial charge in [0.15, 0.2) is 0 Å². The number of rotatable bonds is 8. The monoisotopic (exact) mass is 371 g/mol. The normalized spacial score (nSPS) is 18.2. The maximum atomic E-state index is 12.8. The summed E-state index contributed by atoms with van der Waals surface area (Å²) in [4.78, 5) is 18.7. The fourth-order valence-corrected chi connectivity index (χ4v) is 3.28. The Bertz CT molecular complexity index is 680. The highest BCUT2D eigenvalue weighted by molar-refractivity contribution is 7.88. The second-order valence-corrected chi connectivity index (χ2v) is 7.91. The summed E-state index contributed by atoms with van der Waals surface area (Å²) in [6.07, 6.45) is 4.44. The van der Waals surface area contributed by atoms with E-state index in [0.29, 0.717) is 44.3 Å². The van der Waals surface area contributed by atoms with Gasteiger partial charge in [0.1, 0.15) is 12.2 Å².